The highest BCUT2D eigenvalue weighted by molar-refractivity contribution is 5.91. The van der Waals surface area contributed by atoms with E-state index in [1.807, 2.05) is 35.9 Å². The minimum absolute atomic E-state index is 0.0244. The molecule has 0 spiro atoms. The van der Waals surface area contributed by atoms with Gasteiger partial charge < -0.3 is 15.6 Å². The number of benzene rings is 1. The summed E-state index contributed by atoms with van der Waals surface area (Å²) < 4.78 is 1.85. The zero-order chi connectivity index (χ0) is 14.9. The number of aryl methyl sites for hydroxylation is 1. The van der Waals surface area contributed by atoms with Gasteiger partial charge in [0.2, 0.25) is 5.91 Å². The smallest absolute Gasteiger partial charge is 0.226 e. The summed E-state index contributed by atoms with van der Waals surface area (Å²) in [6.45, 7) is 0. The van der Waals surface area contributed by atoms with Gasteiger partial charge in [-0.3, -0.25) is 4.79 Å². The van der Waals surface area contributed by atoms with Crippen LogP contribution in [-0.2, 0) is 11.8 Å². The second kappa shape index (κ2) is 5.29. The van der Waals surface area contributed by atoms with Gasteiger partial charge in [0.15, 0.2) is 5.82 Å². The highest BCUT2D eigenvalue weighted by Gasteiger charge is 2.34. The van der Waals surface area contributed by atoms with Crippen molar-refractivity contribution in [1.29, 1.82) is 0 Å². The zero-order valence-electron chi connectivity index (χ0n) is 12.0. The molecule has 1 aromatic heterocycles. The summed E-state index contributed by atoms with van der Waals surface area (Å²) >= 11 is 0. The van der Waals surface area contributed by atoms with E-state index in [1.54, 1.807) is 6.33 Å². The molecule has 0 saturated heterocycles. The third-order valence-electron chi connectivity index (χ3n) is 4.00. The molecular formula is C15H19N5O. The second-order valence-corrected chi connectivity index (χ2v) is 5.78. The third kappa shape index (κ3) is 2.95. The van der Waals surface area contributed by atoms with Gasteiger partial charge in [0.1, 0.15) is 6.33 Å². The van der Waals surface area contributed by atoms with Crippen molar-refractivity contribution in [3.8, 4) is 11.4 Å². The van der Waals surface area contributed by atoms with Gasteiger partial charge in [0.05, 0.1) is 0 Å². The lowest BCUT2D eigenvalue weighted by molar-refractivity contribution is -0.118. The van der Waals surface area contributed by atoms with E-state index in [4.69, 9.17) is 5.73 Å². The van der Waals surface area contributed by atoms with Crippen LogP contribution in [0.25, 0.3) is 11.4 Å². The predicted molar refractivity (Wildman–Crippen MR) is 80.5 cm³/mol. The van der Waals surface area contributed by atoms with Gasteiger partial charge in [-0.25, -0.2) is 0 Å². The van der Waals surface area contributed by atoms with Crippen LogP contribution in [0.5, 0.6) is 0 Å². The maximum Gasteiger partial charge on any atom is 0.226 e. The highest BCUT2D eigenvalue weighted by Crippen LogP contribution is 2.32. The molecular weight excluding hydrogens is 266 g/mol. The molecule has 1 saturated carbocycles. The Balaban J connectivity index is 1.64. The minimum atomic E-state index is -0.289. The van der Waals surface area contributed by atoms with Crippen LogP contribution in [0.2, 0.25) is 0 Å². The number of hydrogen-bond donors (Lipinski definition) is 2. The normalized spacial score (nSPS) is 16.3. The largest absolute Gasteiger partial charge is 0.326 e. The van der Waals surface area contributed by atoms with Gasteiger partial charge in [-0.1, -0.05) is 0 Å². The Morgan fingerprint density at radius 2 is 2.10 bits per heavy atom. The molecule has 3 rings (SSSR count). The molecule has 1 amide bonds. The molecule has 1 heterocycles. The van der Waals surface area contributed by atoms with Crippen molar-refractivity contribution >= 4 is 11.6 Å². The number of amides is 1. The summed E-state index contributed by atoms with van der Waals surface area (Å²) in [5.74, 6) is 0.770. The number of carbonyl (C=O) groups is 1. The van der Waals surface area contributed by atoms with Gasteiger partial charge in [0, 0.05) is 30.3 Å². The first-order valence-corrected chi connectivity index (χ1v) is 7.09. The predicted octanol–water partition coefficient (Wildman–Crippen LogP) is 1.69. The van der Waals surface area contributed by atoms with Crippen molar-refractivity contribution in [2.24, 2.45) is 12.8 Å². The number of anilines is 1. The fourth-order valence-corrected chi connectivity index (χ4v) is 2.58. The molecule has 3 N–H and O–H groups in total. The Labute approximate surface area is 123 Å². The van der Waals surface area contributed by atoms with Crippen LogP contribution in [0.15, 0.2) is 30.6 Å². The van der Waals surface area contributed by atoms with Crippen molar-refractivity contribution in [3.05, 3.63) is 30.6 Å². The van der Waals surface area contributed by atoms with Crippen molar-refractivity contribution in [1.82, 2.24) is 14.8 Å². The topological polar surface area (TPSA) is 85.8 Å². The van der Waals surface area contributed by atoms with Crippen LogP contribution in [0.4, 0.5) is 5.69 Å². The average Bonchev–Trinajstić information content (AvgIpc) is 2.84. The lowest BCUT2D eigenvalue weighted by Crippen LogP contribution is -2.48. The van der Waals surface area contributed by atoms with Crippen LogP contribution in [0.3, 0.4) is 0 Å². The first-order chi connectivity index (χ1) is 10.1. The van der Waals surface area contributed by atoms with Crippen LogP contribution < -0.4 is 11.1 Å². The first-order valence-electron chi connectivity index (χ1n) is 7.09. The van der Waals surface area contributed by atoms with E-state index in [2.05, 4.69) is 15.5 Å². The molecule has 0 aliphatic heterocycles. The maximum atomic E-state index is 12.0. The molecule has 0 radical (unpaired) electrons. The molecule has 1 aromatic carbocycles. The molecule has 0 atom stereocenters. The Morgan fingerprint density at radius 1 is 1.38 bits per heavy atom. The molecule has 2 aromatic rings. The molecule has 6 nitrogen and oxygen atoms in total. The fraction of sp³-hybridized carbons (Fsp3) is 0.400. The molecule has 0 unspecified atom stereocenters. The maximum absolute atomic E-state index is 12.0. The van der Waals surface area contributed by atoms with E-state index in [0.717, 1.165) is 36.3 Å². The fourth-order valence-electron chi connectivity index (χ4n) is 2.58. The van der Waals surface area contributed by atoms with E-state index < -0.39 is 0 Å². The van der Waals surface area contributed by atoms with Crippen molar-refractivity contribution in [2.45, 2.75) is 31.2 Å². The molecule has 1 aliphatic rings. The van der Waals surface area contributed by atoms with E-state index in [-0.39, 0.29) is 11.4 Å². The lowest BCUT2D eigenvalue weighted by atomic mass is 9.75. The number of nitrogens with one attached hydrogen (secondary N) is 1. The van der Waals surface area contributed by atoms with Crippen LogP contribution in [0, 0.1) is 0 Å². The van der Waals surface area contributed by atoms with E-state index in [0.29, 0.717) is 6.42 Å². The molecule has 110 valence electrons. The summed E-state index contributed by atoms with van der Waals surface area (Å²) in [7, 11) is 1.89. The summed E-state index contributed by atoms with van der Waals surface area (Å²) in [6.07, 6.45) is 5.04. The van der Waals surface area contributed by atoms with Gasteiger partial charge in [-0.05, 0) is 43.5 Å². The summed E-state index contributed by atoms with van der Waals surface area (Å²) in [4.78, 5) is 12.0. The number of carbonyl (C=O) groups excluding carboxylic acids is 1. The SMILES string of the molecule is Cn1cnnc1-c1ccc(NC(=O)CC2(N)CCC2)cc1. The Kier molecular flexibility index (Phi) is 3.47. The molecule has 6 heteroatoms. The Hall–Kier alpha value is -2.21. The van der Waals surface area contributed by atoms with Crippen LogP contribution in [0.1, 0.15) is 25.7 Å². The monoisotopic (exact) mass is 285 g/mol. The lowest BCUT2D eigenvalue weighted by Gasteiger charge is -2.37. The van der Waals surface area contributed by atoms with Crippen molar-refractivity contribution in [3.63, 3.8) is 0 Å². The molecule has 0 bridgehead atoms. The number of nitrogens with two attached hydrogens (primary N) is 1. The van der Waals surface area contributed by atoms with Crippen molar-refractivity contribution < 1.29 is 4.79 Å². The third-order valence-corrected chi connectivity index (χ3v) is 4.00. The minimum Gasteiger partial charge on any atom is -0.326 e. The highest BCUT2D eigenvalue weighted by atomic mass is 16.1. The van der Waals surface area contributed by atoms with Gasteiger partial charge in [-0.15, -0.1) is 10.2 Å². The number of rotatable bonds is 4. The first kappa shape index (κ1) is 13.8. The van der Waals surface area contributed by atoms with E-state index in [9.17, 15) is 4.79 Å². The van der Waals surface area contributed by atoms with Gasteiger partial charge in [-0.2, -0.15) is 0 Å². The summed E-state index contributed by atoms with van der Waals surface area (Å²) in [6, 6.07) is 7.57. The van der Waals surface area contributed by atoms with Gasteiger partial charge >= 0.3 is 0 Å². The number of nitrogens with zero attached hydrogens (tertiary/aromatic N) is 3. The standard InChI is InChI=1S/C15H19N5O/c1-20-10-17-19-14(20)11-3-5-12(6-4-11)18-13(21)9-15(16)7-2-8-15/h3-6,10H,2,7-9,16H2,1H3,(H,18,21). The van der Waals surface area contributed by atoms with Gasteiger partial charge in [0.25, 0.3) is 0 Å². The molecule has 1 aliphatic carbocycles. The zero-order valence-corrected chi connectivity index (χ0v) is 12.0. The number of aromatic nitrogens is 3. The van der Waals surface area contributed by atoms with E-state index in [1.165, 1.54) is 0 Å². The van der Waals surface area contributed by atoms with Crippen LogP contribution >= 0.6 is 0 Å². The quantitative estimate of drug-likeness (QED) is 0.895. The van der Waals surface area contributed by atoms with Crippen LogP contribution in [-0.4, -0.2) is 26.2 Å². The average molecular weight is 285 g/mol. The summed E-state index contributed by atoms with van der Waals surface area (Å²) in [5, 5.41) is 10.8. The Bertz CT molecular complexity index is 642. The summed E-state index contributed by atoms with van der Waals surface area (Å²) in [5.41, 5.74) is 7.53. The number of hydrogen-bond acceptors (Lipinski definition) is 4. The van der Waals surface area contributed by atoms with E-state index >= 15 is 0 Å². The second-order valence-electron chi connectivity index (χ2n) is 5.78. The van der Waals surface area contributed by atoms with Crippen molar-refractivity contribution in [2.75, 3.05) is 5.32 Å². The Morgan fingerprint density at radius 3 is 2.62 bits per heavy atom. The molecule has 1 fully saturated rings. The molecule has 21 heavy (non-hydrogen) atoms.